The lowest BCUT2D eigenvalue weighted by molar-refractivity contribution is -0.137. The number of halogens is 4. The summed E-state index contributed by atoms with van der Waals surface area (Å²) in [6.07, 6.45) is -3.70. The van der Waals surface area contributed by atoms with Gasteiger partial charge in [-0.1, -0.05) is 23.7 Å². The number of alkyl halides is 3. The fourth-order valence-electron chi connectivity index (χ4n) is 1.85. The SMILES string of the molecule is CN(c1cccc(CN)c1)c1ncc(C(F)(F)F)cc1Cl. The van der Waals surface area contributed by atoms with Crippen molar-refractivity contribution in [3.63, 3.8) is 0 Å². The van der Waals surface area contributed by atoms with Crippen LogP contribution < -0.4 is 10.6 Å². The van der Waals surface area contributed by atoms with E-state index in [0.29, 0.717) is 6.54 Å². The molecule has 3 nitrogen and oxygen atoms in total. The molecule has 1 heterocycles. The Bertz CT molecular complexity index is 644. The van der Waals surface area contributed by atoms with Crippen molar-refractivity contribution in [2.24, 2.45) is 5.73 Å². The maximum absolute atomic E-state index is 12.6. The van der Waals surface area contributed by atoms with E-state index in [0.717, 1.165) is 23.5 Å². The average molecular weight is 316 g/mol. The number of benzene rings is 1. The molecule has 0 radical (unpaired) electrons. The molecule has 7 heteroatoms. The summed E-state index contributed by atoms with van der Waals surface area (Å²) < 4.78 is 37.8. The van der Waals surface area contributed by atoms with Gasteiger partial charge in [0.05, 0.1) is 10.6 Å². The van der Waals surface area contributed by atoms with Gasteiger partial charge in [0.2, 0.25) is 0 Å². The van der Waals surface area contributed by atoms with E-state index in [2.05, 4.69) is 4.98 Å². The van der Waals surface area contributed by atoms with Gasteiger partial charge in [-0.15, -0.1) is 0 Å². The molecule has 21 heavy (non-hydrogen) atoms. The molecular weight excluding hydrogens is 303 g/mol. The van der Waals surface area contributed by atoms with E-state index in [9.17, 15) is 13.2 Å². The Kier molecular flexibility index (Phi) is 4.39. The van der Waals surface area contributed by atoms with E-state index in [1.54, 1.807) is 18.0 Å². The standard InChI is InChI=1S/C14H13ClF3N3/c1-21(11-4-2-3-9(5-11)7-19)13-12(15)6-10(8-20-13)14(16,17)18/h2-6,8H,7,19H2,1H3. The molecule has 0 saturated carbocycles. The number of nitrogens with two attached hydrogens (primary N) is 1. The molecule has 2 N–H and O–H groups in total. The molecule has 0 atom stereocenters. The van der Waals surface area contributed by atoms with Gasteiger partial charge in [0, 0.05) is 25.5 Å². The molecule has 0 unspecified atom stereocenters. The second-order valence-electron chi connectivity index (χ2n) is 4.46. The third-order valence-electron chi connectivity index (χ3n) is 3.00. The highest BCUT2D eigenvalue weighted by Crippen LogP contribution is 2.35. The van der Waals surface area contributed by atoms with Gasteiger partial charge in [0.25, 0.3) is 0 Å². The van der Waals surface area contributed by atoms with E-state index in [1.165, 1.54) is 0 Å². The molecule has 2 aromatic rings. The Morgan fingerprint density at radius 2 is 2.00 bits per heavy atom. The molecule has 112 valence electrons. The largest absolute Gasteiger partial charge is 0.417 e. The van der Waals surface area contributed by atoms with Crippen LogP contribution in [-0.2, 0) is 12.7 Å². The Labute approximate surface area is 125 Å². The molecule has 0 bridgehead atoms. The zero-order valence-electron chi connectivity index (χ0n) is 11.2. The monoisotopic (exact) mass is 315 g/mol. The van der Waals surface area contributed by atoms with Gasteiger partial charge in [0.1, 0.15) is 0 Å². The molecular formula is C14H13ClF3N3. The minimum Gasteiger partial charge on any atom is -0.328 e. The zero-order valence-corrected chi connectivity index (χ0v) is 11.9. The molecule has 2 rings (SSSR count). The van der Waals surface area contributed by atoms with Gasteiger partial charge in [-0.05, 0) is 23.8 Å². The van der Waals surface area contributed by atoms with Crippen molar-refractivity contribution in [2.75, 3.05) is 11.9 Å². The van der Waals surface area contributed by atoms with Gasteiger partial charge < -0.3 is 10.6 Å². The van der Waals surface area contributed by atoms with E-state index in [4.69, 9.17) is 17.3 Å². The van der Waals surface area contributed by atoms with Crippen LogP contribution in [0.5, 0.6) is 0 Å². The summed E-state index contributed by atoms with van der Waals surface area (Å²) in [7, 11) is 1.68. The summed E-state index contributed by atoms with van der Waals surface area (Å²) in [6, 6.07) is 8.17. The third kappa shape index (κ3) is 3.46. The maximum atomic E-state index is 12.6. The van der Waals surface area contributed by atoms with E-state index < -0.39 is 11.7 Å². The molecule has 0 aliphatic heterocycles. The van der Waals surface area contributed by atoms with Crippen LogP contribution in [0.15, 0.2) is 36.5 Å². The maximum Gasteiger partial charge on any atom is 0.417 e. The lowest BCUT2D eigenvalue weighted by Gasteiger charge is -2.20. The van der Waals surface area contributed by atoms with Gasteiger partial charge in [-0.3, -0.25) is 0 Å². The second-order valence-corrected chi connectivity index (χ2v) is 4.87. The minimum atomic E-state index is -4.47. The van der Waals surface area contributed by atoms with E-state index >= 15 is 0 Å². The van der Waals surface area contributed by atoms with Crippen molar-refractivity contribution >= 4 is 23.1 Å². The fourth-order valence-corrected chi connectivity index (χ4v) is 2.14. The Morgan fingerprint density at radius 1 is 1.29 bits per heavy atom. The summed E-state index contributed by atoms with van der Waals surface area (Å²) in [5.74, 6) is 0.249. The predicted octanol–water partition coefficient (Wildman–Crippen LogP) is 3.98. The molecule has 0 aliphatic rings. The van der Waals surface area contributed by atoms with Crippen molar-refractivity contribution in [3.8, 4) is 0 Å². The molecule has 1 aromatic carbocycles. The van der Waals surface area contributed by atoms with Crippen molar-refractivity contribution in [1.29, 1.82) is 0 Å². The number of pyridine rings is 1. The van der Waals surface area contributed by atoms with Gasteiger partial charge >= 0.3 is 6.18 Å². The molecule has 0 amide bonds. The first-order valence-corrected chi connectivity index (χ1v) is 6.46. The first-order valence-electron chi connectivity index (χ1n) is 6.08. The van der Waals surface area contributed by atoms with Crippen molar-refractivity contribution < 1.29 is 13.2 Å². The minimum absolute atomic E-state index is 0.0644. The number of rotatable bonds is 3. The van der Waals surface area contributed by atoms with Crippen LogP contribution in [0.4, 0.5) is 24.7 Å². The Morgan fingerprint density at radius 3 is 2.57 bits per heavy atom. The average Bonchev–Trinajstić information content (AvgIpc) is 2.45. The van der Waals surface area contributed by atoms with E-state index in [-0.39, 0.29) is 10.8 Å². The summed E-state index contributed by atoms with van der Waals surface area (Å²) in [5.41, 5.74) is 6.34. The van der Waals surface area contributed by atoms with Crippen LogP contribution in [0.2, 0.25) is 5.02 Å². The molecule has 1 aromatic heterocycles. The van der Waals surface area contributed by atoms with Crippen molar-refractivity contribution in [2.45, 2.75) is 12.7 Å². The summed E-state index contributed by atoms with van der Waals surface area (Å²) in [6.45, 7) is 0.371. The van der Waals surface area contributed by atoms with Crippen molar-refractivity contribution in [1.82, 2.24) is 4.98 Å². The highest BCUT2D eigenvalue weighted by molar-refractivity contribution is 6.33. The summed E-state index contributed by atoms with van der Waals surface area (Å²) >= 11 is 5.93. The normalized spacial score (nSPS) is 11.5. The number of nitrogens with zero attached hydrogens (tertiary/aromatic N) is 2. The fraction of sp³-hybridized carbons (Fsp3) is 0.214. The van der Waals surface area contributed by atoms with Crippen LogP contribution in [-0.4, -0.2) is 12.0 Å². The summed E-state index contributed by atoms with van der Waals surface area (Å²) in [5, 5.41) is -0.0644. The van der Waals surface area contributed by atoms with Crippen molar-refractivity contribution in [3.05, 3.63) is 52.7 Å². The number of hydrogen-bond donors (Lipinski definition) is 1. The highest BCUT2D eigenvalue weighted by atomic mass is 35.5. The quantitative estimate of drug-likeness (QED) is 0.931. The topological polar surface area (TPSA) is 42.1 Å². The lowest BCUT2D eigenvalue weighted by Crippen LogP contribution is -2.14. The predicted molar refractivity (Wildman–Crippen MR) is 76.6 cm³/mol. The molecule has 0 aliphatic carbocycles. The number of hydrogen-bond acceptors (Lipinski definition) is 3. The second kappa shape index (κ2) is 5.91. The molecule has 0 saturated heterocycles. The smallest absolute Gasteiger partial charge is 0.328 e. The van der Waals surface area contributed by atoms with Gasteiger partial charge in [0.15, 0.2) is 5.82 Å². The van der Waals surface area contributed by atoms with Crippen LogP contribution >= 0.6 is 11.6 Å². The summed E-state index contributed by atoms with van der Waals surface area (Å²) in [4.78, 5) is 5.43. The first kappa shape index (κ1) is 15.6. The Hall–Kier alpha value is -1.79. The zero-order chi connectivity index (χ0) is 15.6. The highest BCUT2D eigenvalue weighted by Gasteiger charge is 2.31. The molecule has 0 fully saturated rings. The molecule has 0 spiro atoms. The van der Waals surface area contributed by atoms with Crippen LogP contribution in [0.1, 0.15) is 11.1 Å². The van der Waals surface area contributed by atoms with Crippen LogP contribution in [0.25, 0.3) is 0 Å². The van der Waals surface area contributed by atoms with Gasteiger partial charge in [-0.2, -0.15) is 13.2 Å². The third-order valence-corrected chi connectivity index (χ3v) is 3.28. The van der Waals surface area contributed by atoms with Crippen LogP contribution in [0, 0.1) is 0 Å². The number of anilines is 2. The number of aromatic nitrogens is 1. The van der Waals surface area contributed by atoms with Gasteiger partial charge in [-0.25, -0.2) is 4.98 Å². The van der Waals surface area contributed by atoms with Crippen LogP contribution in [0.3, 0.4) is 0 Å². The first-order chi connectivity index (χ1) is 9.82. The Balaban J connectivity index is 2.37. The van der Waals surface area contributed by atoms with E-state index in [1.807, 2.05) is 18.2 Å². The lowest BCUT2D eigenvalue weighted by atomic mass is 10.2.